The van der Waals surface area contributed by atoms with Gasteiger partial charge in [-0.1, -0.05) is 6.07 Å². The average molecular weight is 178 g/mol. The van der Waals surface area contributed by atoms with E-state index < -0.39 is 0 Å². The van der Waals surface area contributed by atoms with E-state index in [1.54, 1.807) is 23.5 Å². The minimum absolute atomic E-state index is 0.0764. The topological polar surface area (TPSA) is 57.5 Å². The Balaban J connectivity index is 2.93. The number of aliphatic hydroxyl groups excluding tert-OH is 1. The molecule has 0 saturated heterocycles. The monoisotopic (exact) mass is 178 g/mol. The van der Waals surface area contributed by atoms with E-state index in [1.165, 1.54) is 6.07 Å². The Labute approximate surface area is 74.5 Å². The predicted octanol–water partition coefficient (Wildman–Crippen LogP) is 0.428. The van der Waals surface area contributed by atoms with Gasteiger partial charge in [0, 0.05) is 11.8 Å². The molecule has 0 spiro atoms. The first-order valence-corrected chi connectivity index (χ1v) is 4.04. The summed E-state index contributed by atoms with van der Waals surface area (Å²) in [6.07, 6.45) is 0. The number of aryl methyl sites for hydroxylation is 1. The molecule has 4 heteroatoms. The first-order valence-electron chi connectivity index (χ1n) is 4.04. The second-order valence-corrected chi connectivity index (χ2v) is 2.93. The molecule has 0 aliphatic carbocycles. The Bertz CT molecular complexity index is 496. The fourth-order valence-electron chi connectivity index (χ4n) is 1.47. The molecule has 68 valence electrons. The third-order valence-electron chi connectivity index (χ3n) is 2.16. The zero-order valence-electron chi connectivity index (χ0n) is 7.24. The fraction of sp³-hybridized carbons (Fsp3) is 0.222. The molecule has 2 aromatic rings. The number of H-pyrrole nitrogens is 1. The van der Waals surface area contributed by atoms with Crippen LogP contribution in [0.2, 0.25) is 0 Å². The zero-order chi connectivity index (χ0) is 9.42. The van der Waals surface area contributed by atoms with E-state index in [2.05, 4.69) is 4.98 Å². The normalized spacial score (nSPS) is 10.9. The highest BCUT2D eigenvalue weighted by Gasteiger charge is 2.06. The van der Waals surface area contributed by atoms with Crippen LogP contribution in [0, 0.1) is 6.92 Å². The maximum Gasteiger partial charge on any atom is 0.256 e. The van der Waals surface area contributed by atoms with Gasteiger partial charge in [-0.3, -0.25) is 9.20 Å². The van der Waals surface area contributed by atoms with E-state index in [-0.39, 0.29) is 12.2 Å². The number of aromatic amines is 1. The molecule has 0 atom stereocenters. The number of nitrogens with one attached hydrogen (secondary N) is 1. The number of fused-ring (bicyclic) bond motifs is 1. The van der Waals surface area contributed by atoms with Crippen molar-refractivity contribution in [1.82, 2.24) is 9.38 Å². The number of aromatic nitrogens is 2. The lowest BCUT2D eigenvalue weighted by Crippen LogP contribution is -2.11. The molecule has 0 bridgehead atoms. The van der Waals surface area contributed by atoms with Crippen molar-refractivity contribution in [3.8, 4) is 0 Å². The SMILES string of the molecule is Cc1c(CO)[nH]c2cccc(=O)n12. The summed E-state index contributed by atoms with van der Waals surface area (Å²) in [5, 5.41) is 8.96. The summed E-state index contributed by atoms with van der Waals surface area (Å²) >= 11 is 0. The van der Waals surface area contributed by atoms with Crippen LogP contribution in [0.1, 0.15) is 11.4 Å². The number of hydrogen-bond donors (Lipinski definition) is 2. The molecule has 0 saturated carbocycles. The molecular weight excluding hydrogens is 168 g/mol. The summed E-state index contributed by atoms with van der Waals surface area (Å²) in [5.74, 6) is 0. The van der Waals surface area contributed by atoms with Gasteiger partial charge in [-0.15, -0.1) is 0 Å². The van der Waals surface area contributed by atoms with Gasteiger partial charge < -0.3 is 10.1 Å². The molecular formula is C9H10N2O2. The number of aliphatic hydroxyl groups is 1. The van der Waals surface area contributed by atoms with E-state index in [0.29, 0.717) is 11.3 Å². The van der Waals surface area contributed by atoms with Crippen molar-refractivity contribution in [1.29, 1.82) is 0 Å². The van der Waals surface area contributed by atoms with Crippen molar-refractivity contribution in [2.24, 2.45) is 0 Å². The van der Waals surface area contributed by atoms with Gasteiger partial charge in [-0.05, 0) is 13.0 Å². The smallest absolute Gasteiger partial charge is 0.256 e. The molecule has 2 N–H and O–H groups in total. The third-order valence-corrected chi connectivity index (χ3v) is 2.16. The lowest BCUT2D eigenvalue weighted by molar-refractivity contribution is 0.276. The molecule has 2 heterocycles. The number of hydrogen-bond acceptors (Lipinski definition) is 2. The first kappa shape index (κ1) is 8.07. The van der Waals surface area contributed by atoms with Gasteiger partial charge in [-0.2, -0.15) is 0 Å². The van der Waals surface area contributed by atoms with Gasteiger partial charge >= 0.3 is 0 Å². The van der Waals surface area contributed by atoms with Crippen molar-refractivity contribution >= 4 is 5.65 Å². The number of imidazole rings is 1. The van der Waals surface area contributed by atoms with Crippen LogP contribution < -0.4 is 5.56 Å². The highest BCUT2D eigenvalue weighted by molar-refractivity contribution is 5.42. The maximum absolute atomic E-state index is 11.4. The Kier molecular flexibility index (Phi) is 1.70. The standard InChI is InChI=1S/C9H10N2O2/c1-6-7(5-12)10-8-3-2-4-9(13)11(6)8/h2-4,10,12H,5H2,1H3. The summed E-state index contributed by atoms with van der Waals surface area (Å²) < 4.78 is 1.55. The van der Waals surface area contributed by atoms with Crippen molar-refractivity contribution in [3.05, 3.63) is 39.9 Å². The molecule has 4 nitrogen and oxygen atoms in total. The van der Waals surface area contributed by atoms with Crippen LogP contribution in [0.5, 0.6) is 0 Å². The lowest BCUT2D eigenvalue weighted by Gasteiger charge is -1.93. The second kappa shape index (κ2) is 2.74. The molecule has 0 amide bonds. The molecule has 0 aliphatic heterocycles. The predicted molar refractivity (Wildman–Crippen MR) is 48.7 cm³/mol. The van der Waals surface area contributed by atoms with Gasteiger partial charge in [0.1, 0.15) is 5.65 Å². The van der Waals surface area contributed by atoms with Crippen LogP contribution in [-0.4, -0.2) is 14.5 Å². The minimum Gasteiger partial charge on any atom is -0.390 e. The molecule has 2 rings (SSSR count). The van der Waals surface area contributed by atoms with Crippen molar-refractivity contribution in [2.75, 3.05) is 0 Å². The number of nitrogens with zero attached hydrogens (tertiary/aromatic N) is 1. The highest BCUT2D eigenvalue weighted by atomic mass is 16.3. The van der Waals surface area contributed by atoms with Crippen LogP contribution in [0.3, 0.4) is 0 Å². The Morgan fingerprint density at radius 3 is 2.92 bits per heavy atom. The zero-order valence-corrected chi connectivity index (χ0v) is 7.24. The van der Waals surface area contributed by atoms with Gasteiger partial charge in [0.05, 0.1) is 12.3 Å². The van der Waals surface area contributed by atoms with E-state index in [0.717, 1.165) is 5.69 Å². The Morgan fingerprint density at radius 1 is 1.54 bits per heavy atom. The minimum atomic E-state index is -0.0778. The molecule has 13 heavy (non-hydrogen) atoms. The first-order chi connectivity index (χ1) is 6.24. The maximum atomic E-state index is 11.4. The second-order valence-electron chi connectivity index (χ2n) is 2.93. The molecule has 2 aromatic heterocycles. The van der Waals surface area contributed by atoms with Crippen molar-refractivity contribution in [3.63, 3.8) is 0 Å². The Hall–Kier alpha value is -1.55. The van der Waals surface area contributed by atoms with Crippen LogP contribution in [-0.2, 0) is 6.61 Å². The van der Waals surface area contributed by atoms with Crippen molar-refractivity contribution in [2.45, 2.75) is 13.5 Å². The van der Waals surface area contributed by atoms with E-state index in [1.807, 2.05) is 0 Å². The quantitative estimate of drug-likeness (QED) is 0.665. The lowest BCUT2D eigenvalue weighted by atomic mass is 10.3. The van der Waals surface area contributed by atoms with Crippen molar-refractivity contribution < 1.29 is 5.11 Å². The summed E-state index contributed by atoms with van der Waals surface area (Å²) in [6, 6.07) is 4.98. The molecule has 0 aromatic carbocycles. The number of pyridine rings is 1. The molecule has 0 aliphatic rings. The largest absolute Gasteiger partial charge is 0.390 e. The fourth-order valence-corrected chi connectivity index (χ4v) is 1.47. The molecule has 0 unspecified atom stereocenters. The van der Waals surface area contributed by atoms with Crippen LogP contribution in [0.4, 0.5) is 0 Å². The Morgan fingerprint density at radius 2 is 2.31 bits per heavy atom. The summed E-state index contributed by atoms with van der Waals surface area (Å²) in [5.41, 5.74) is 2.09. The summed E-state index contributed by atoms with van der Waals surface area (Å²) in [4.78, 5) is 14.4. The van der Waals surface area contributed by atoms with E-state index in [9.17, 15) is 4.79 Å². The third kappa shape index (κ3) is 1.07. The molecule has 0 fully saturated rings. The summed E-state index contributed by atoms with van der Waals surface area (Å²) in [6.45, 7) is 1.73. The van der Waals surface area contributed by atoms with Gasteiger partial charge in [-0.25, -0.2) is 0 Å². The molecule has 0 radical (unpaired) electrons. The summed E-state index contributed by atoms with van der Waals surface area (Å²) in [7, 11) is 0. The average Bonchev–Trinajstić information content (AvgIpc) is 2.44. The van der Waals surface area contributed by atoms with Crippen LogP contribution >= 0.6 is 0 Å². The van der Waals surface area contributed by atoms with Crippen LogP contribution in [0.15, 0.2) is 23.0 Å². The van der Waals surface area contributed by atoms with Gasteiger partial charge in [0.2, 0.25) is 0 Å². The van der Waals surface area contributed by atoms with Gasteiger partial charge in [0.25, 0.3) is 5.56 Å². The van der Waals surface area contributed by atoms with Crippen LogP contribution in [0.25, 0.3) is 5.65 Å². The van der Waals surface area contributed by atoms with Gasteiger partial charge in [0.15, 0.2) is 0 Å². The van der Waals surface area contributed by atoms with E-state index in [4.69, 9.17) is 5.11 Å². The number of rotatable bonds is 1. The highest BCUT2D eigenvalue weighted by Crippen LogP contribution is 2.08. The van der Waals surface area contributed by atoms with E-state index >= 15 is 0 Å².